The SMILES string of the molecule is CC1CCC(C2CCN(C(=O)OC(C)(C)C)CC2)=N1. The predicted octanol–water partition coefficient (Wildman–Crippen LogP) is 3.26. The van der Waals surface area contributed by atoms with Gasteiger partial charge in [0, 0.05) is 30.8 Å². The van der Waals surface area contributed by atoms with Crippen molar-refractivity contribution in [1.29, 1.82) is 0 Å². The van der Waals surface area contributed by atoms with Crippen LogP contribution in [0.3, 0.4) is 0 Å². The summed E-state index contributed by atoms with van der Waals surface area (Å²) in [6, 6.07) is 0.499. The highest BCUT2D eigenvalue weighted by Gasteiger charge is 2.30. The van der Waals surface area contributed by atoms with Gasteiger partial charge in [-0.1, -0.05) is 0 Å². The van der Waals surface area contributed by atoms with Gasteiger partial charge in [-0.15, -0.1) is 0 Å². The number of carbonyl (C=O) groups is 1. The number of ether oxygens (including phenoxy) is 1. The second-order valence-electron chi connectivity index (χ2n) is 6.75. The molecule has 19 heavy (non-hydrogen) atoms. The summed E-state index contributed by atoms with van der Waals surface area (Å²) < 4.78 is 5.41. The van der Waals surface area contributed by atoms with E-state index in [1.807, 2.05) is 25.7 Å². The number of hydrogen-bond donors (Lipinski definition) is 0. The first-order valence-corrected chi connectivity index (χ1v) is 7.39. The van der Waals surface area contributed by atoms with Crippen LogP contribution in [0, 0.1) is 5.92 Å². The Hall–Kier alpha value is -1.06. The van der Waals surface area contributed by atoms with Gasteiger partial charge >= 0.3 is 6.09 Å². The molecule has 1 fully saturated rings. The third-order valence-electron chi connectivity index (χ3n) is 3.82. The molecular formula is C15H26N2O2. The van der Waals surface area contributed by atoms with Crippen molar-refractivity contribution >= 4 is 11.8 Å². The molecule has 0 N–H and O–H groups in total. The van der Waals surface area contributed by atoms with Gasteiger partial charge in [0.1, 0.15) is 5.60 Å². The zero-order valence-corrected chi connectivity index (χ0v) is 12.6. The lowest BCUT2D eigenvalue weighted by Crippen LogP contribution is -2.42. The van der Waals surface area contributed by atoms with Gasteiger partial charge in [0.15, 0.2) is 0 Å². The van der Waals surface area contributed by atoms with Crippen LogP contribution in [0.2, 0.25) is 0 Å². The summed E-state index contributed by atoms with van der Waals surface area (Å²) in [6.07, 6.45) is 4.24. The molecule has 0 aromatic carbocycles. The normalized spacial score (nSPS) is 25.4. The smallest absolute Gasteiger partial charge is 0.410 e. The van der Waals surface area contributed by atoms with Gasteiger partial charge in [-0.2, -0.15) is 0 Å². The third kappa shape index (κ3) is 3.95. The monoisotopic (exact) mass is 266 g/mol. The maximum atomic E-state index is 12.0. The molecule has 0 aromatic rings. The van der Waals surface area contributed by atoms with Gasteiger partial charge < -0.3 is 9.64 Å². The summed E-state index contributed by atoms with van der Waals surface area (Å²) in [7, 11) is 0. The molecule has 4 nitrogen and oxygen atoms in total. The van der Waals surface area contributed by atoms with Crippen LogP contribution in [0.15, 0.2) is 4.99 Å². The Kier molecular flexibility index (Phi) is 4.16. The molecule has 0 radical (unpaired) electrons. The van der Waals surface area contributed by atoms with Crippen molar-refractivity contribution in [2.45, 2.75) is 65.0 Å². The highest BCUT2D eigenvalue weighted by molar-refractivity contribution is 5.88. The molecule has 1 saturated heterocycles. The predicted molar refractivity (Wildman–Crippen MR) is 76.7 cm³/mol. The lowest BCUT2D eigenvalue weighted by atomic mass is 9.90. The van der Waals surface area contributed by atoms with E-state index in [4.69, 9.17) is 9.73 Å². The van der Waals surface area contributed by atoms with Gasteiger partial charge in [-0.3, -0.25) is 4.99 Å². The number of piperidine rings is 1. The maximum Gasteiger partial charge on any atom is 0.410 e. The largest absolute Gasteiger partial charge is 0.444 e. The van der Waals surface area contributed by atoms with Crippen LogP contribution in [0.5, 0.6) is 0 Å². The highest BCUT2D eigenvalue weighted by Crippen LogP contribution is 2.26. The average molecular weight is 266 g/mol. The van der Waals surface area contributed by atoms with Crippen molar-refractivity contribution in [3.05, 3.63) is 0 Å². The number of nitrogens with zero attached hydrogens (tertiary/aromatic N) is 2. The first kappa shape index (κ1) is 14.4. The van der Waals surface area contributed by atoms with E-state index in [2.05, 4.69) is 6.92 Å². The summed E-state index contributed by atoms with van der Waals surface area (Å²) in [6.45, 7) is 9.51. The second kappa shape index (κ2) is 5.51. The third-order valence-corrected chi connectivity index (χ3v) is 3.82. The Balaban J connectivity index is 1.82. The summed E-state index contributed by atoms with van der Waals surface area (Å²) in [5.41, 5.74) is 0.982. The number of rotatable bonds is 1. The molecule has 0 aromatic heterocycles. The molecule has 1 unspecified atom stereocenters. The molecule has 2 aliphatic rings. The van der Waals surface area contributed by atoms with Crippen molar-refractivity contribution < 1.29 is 9.53 Å². The molecule has 2 rings (SSSR count). The second-order valence-corrected chi connectivity index (χ2v) is 6.75. The molecule has 108 valence electrons. The Morgan fingerprint density at radius 2 is 1.89 bits per heavy atom. The molecule has 2 aliphatic heterocycles. The maximum absolute atomic E-state index is 12.0. The number of likely N-dealkylation sites (tertiary alicyclic amines) is 1. The van der Waals surface area contributed by atoms with E-state index in [1.165, 1.54) is 12.1 Å². The standard InChI is InChI=1S/C15H26N2O2/c1-11-5-6-13(16-11)12-7-9-17(10-8-12)14(18)19-15(2,3)4/h11-12H,5-10H2,1-4H3. The minimum atomic E-state index is -0.404. The van der Waals surface area contributed by atoms with Crippen LogP contribution in [0.1, 0.15) is 53.4 Å². The van der Waals surface area contributed by atoms with Crippen molar-refractivity contribution in [1.82, 2.24) is 4.90 Å². The Morgan fingerprint density at radius 3 is 2.37 bits per heavy atom. The fraction of sp³-hybridized carbons (Fsp3) is 0.867. The van der Waals surface area contributed by atoms with Crippen LogP contribution < -0.4 is 0 Å². The minimum absolute atomic E-state index is 0.173. The lowest BCUT2D eigenvalue weighted by Gasteiger charge is -2.33. The van der Waals surface area contributed by atoms with Gasteiger partial charge in [-0.25, -0.2) is 4.79 Å². The molecule has 4 heteroatoms. The van der Waals surface area contributed by atoms with Gasteiger partial charge in [0.2, 0.25) is 0 Å². The van der Waals surface area contributed by atoms with Crippen molar-refractivity contribution in [2.75, 3.05) is 13.1 Å². The fourth-order valence-electron chi connectivity index (χ4n) is 2.80. The molecule has 0 spiro atoms. The van der Waals surface area contributed by atoms with Crippen LogP contribution in [0.4, 0.5) is 4.79 Å². The lowest BCUT2D eigenvalue weighted by molar-refractivity contribution is 0.0201. The zero-order valence-electron chi connectivity index (χ0n) is 12.6. The quantitative estimate of drug-likeness (QED) is 0.731. The average Bonchev–Trinajstić information content (AvgIpc) is 2.74. The first-order valence-electron chi connectivity index (χ1n) is 7.39. The molecule has 0 saturated carbocycles. The van der Waals surface area contributed by atoms with Gasteiger partial charge in [-0.05, 0) is 53.4 Å². The highest BCUT2D eigenvalue weighted by atomic mass is 16.6. The van der Waals surface area contributed by atoms with E-state index in [0.717, 1.165) is 32.4 Å². The van der Waals surface area contributed by atoms with Crippen LogP contribution in [-0.4, -0.2) is 41.4 Å². The summed E-state index contributed by atoms with van der Waals surface area (Å²) in [5.74, 6) is 0.587. The van der Waals surface area contributed by atoms with Gasteiger partial charge in [0.05, 0.1) is 0 Å². The molecule has 1 atom stereocenters. The topological polar surface area (TPSA) is 41.9 Å². The molecule has 0 bridgehead atoms. The number of hydrogen-bond acceptors (Lipinski definition) is 3. The number of carbonyl (C=O) groups excluding carboxylic acids is 1. The van der Waals surface area contributed by atoms with Crippen LogP contribution >= 0.6 is 0 Å². The van der Waals surface area contributed by atoms with E-state index in [9.17, 15) is 4.79 Å². The fourth-order valence-corrected chi connectivity index (χ4v) is 2.80. The summed E-state index contributed by atoms with van der Waals surface area (Å²) in [4.78, 5) is 18.5. The van der Waals surface area contributed by atoms with Crippen LogP contribution in [-0.2, 0) is 4.74 Å². The molecule has 2 heterocycles. The Morgan fingerprint density at radius 1 is 1.26 bits per heavy atom. The molecule has 0 aliphatic carbocycles. The Bertz CT molecular complexity index is 363. The van der Waals surface area contributed by atoms with Crippen molar-refractivity contribution in [3.8, 4) is 0 Å². The molecular weight excluding hydrogens is 240 g/mol. The number of amides is 1. The van der Waals surface area contributed by atoms with Crippen LogP contribution in [0.25, 0.3) is 0 Å². The van der Waals surface area contributed by atoms with Crippen molar-refractivity contribution in [3.63, 3.8) is 0 Å². The molecule has 1 amide bonds. The minimum Gasteiger partial charge on any atom is -0.444 e. The van der Waals surface area contributed by atoms with Gasteiger partial charge in [0.25, 0.3) is 0 Å². The summed E-state index contributed by atoms with van der Waals surface area (Å²) >= 11 is 0. The van der Waals surface area contributed by atoms with E-state index in [1.54, 1.807) is 0 Å². The van der Waals surface area contributed by atoms with E-state index in [-0.39, 0.29) is 6.09 Å². The van der Waals surface area contributed by atoms with E-state index in [0.29, 0.717) is 12.0 Å². The number of aliphatic imine (C=N–C) groups is 1. The first-order chi connectivity index (χ1) is 8.85. The Labute approximate surface area is 116 Å². The van der Waals surface area contributed by atoms with E-state index < -0.39 is 5.60 Å². The summed E-state index contributed by atoms with van der Waals surface area (Å²) in [5, 5.41) is 0. The zero-order chi connectivity index (χ0) is 14.0. The van der Waals surface area contributed by atoms with Crippen molar-refractivity contribution in [2.24, 2.45) is 10.9 Å². The van der Waals surface area contributed by atoms with E-state index >= 15 is 0 Å².